The third kappa shape index (κ3) is 1.73. The minimum atomic E-state index is -0.918. The van der Waals surface area contributed by atoms with Gasteiger partial charge in [0.25, 0.3) is 0 Å². The van der Waals surface area contributed by atoms with Crippen molar-refractivity contribution in [3.8, 4) is 0 Å². The van der Waals surface area contributed by atoms with Crippen LogP contribution in [0.15, 0.2) is 0 Å². The Morgan fingerprint density at radius 2 is 1.20 bits per heavy atom. The standard InChI is InChI=1S/C11H16O4/c12-10(13)8-6-2-1-3-7(5-4-6)9(8)11(14)15/h6-9H,1-5H2,(H,12,13)(H,14,15)/t6-,7-,8-,9+/m1/s1. The molecule has 84 valence electrons. The van der Waals surface area contributed by atoms with E-state index >= 15 is 0 Å². The van der Waals surface area contributed by atoms with Gasteiger partial charge in [-0.05, 0) is 37.5 Å². The summed E-state index contributed by atoms with van der Waals surface area (Å²) in [6, 6.07) is 0. The van der Waals surface area contributed by atoms with E-state index in [0.29, 0.717) is 0 Å². The molecule has 0 aromatic carbocycles. The van der Waals surface area contributed by atoms with Gasteiger partial charge in [0.05, 0.1) is 11.8 Å². The molecule has 0 radical (unpaired) electrons. The van der Waals surface area contributed by atoms with Gasteiger partial charge in [-0.15, -0.1) is 0 Å². The lowest BCUT2D eigenvalue weighted by molar-refractivity contribution is -0.160. The van der Waals surface area contributed by atoms with Crippen molar-refractivity contribution in [3.05, 3.63) is 0 Å². The monoisotopic (exact) mass is 212 g/mol. The number of carboxylic acid groups (broad SMARTS) is 2. The smallest absolute Gasteiger partial charge is 0.307 e. The topological polar surface area (TPSA) is 74.6 Å². The first-order valence-corrected chi connectivity index (χ1v) is 5.57. The Kier molecular flexibility index (Phi) is 2.67. The molecule has 15 heavy (non-hydrogen) atoms. The molecule has 4 nitrogen and oxygen atoms in total. The lowest BCUT2D eigenvalue weighted by atomic mass is 9.68. The van der Waals surface area contributed by atoms with Crippen LogP contribution in [0, 0.1) is 23.7 Å². The first-order chi connectivity index (χ1) is 7.11. The van der Waals surface area contributed by atoms with E-state index in [-0.39, 0.29) is 11.8 Å². The van der Waals surface area contributed by atoms with Crippen LogP contribution in [0.25, 0.3) is 0 Å². The van der Waals surface area contributed by atoms with E-state index in [0.717, 1.165) is 32.1 Å². The van der Waals surface area contributed by atoms with Crippen molar-refractivity contribution >= 4 is 11.9 Å². The minimum absolute atomic E-state index is 0.0855. The Balaban J connectivity index is 2.31. The highest BCUT2D eigenvalue weighted by molar-refractivity contribution is 5.80. The summed E-state index contributed by atoms with van der Waals surface area (Å²) in [5, 5.41) is 18.3. The van der Waals surface area contributed by atoms with Gasteiger partial charge in [-0.1, -0.05) is 6.42 Å². The van der Waals surface area contributed by atoms with Gasteiger partial charge in [0.15, 0.2) is 0 Å². The van der Waals surface area contributed by atoms with Gasteiger partial charge in [0, 0.05) is 0 Å². The zero-order valence-corrected chi connectivity index (χ0v) is 8.56. The highest BCUT2D eigenvalue weighted by Gasteiger charge is 2.48. The highest BCUT2D eigenvalue weighted by Crippen LogP contribution is 2.46. The van der Waals surface area contributed by atoms with E-state index in [1.54, 1.807) is 0 Å². The fourth-order valence-corrected chi connectivity index (χ4v) is 3.37. The molecule has 2 bridgehead atoms. The van der Waals surface area contributed by atoms with Crippen molar-refractivity contribution in [2.45, 2.75) is 32.1 Å². The summed E-state index contributed by atoms with van der Waals surface area (Å²) in [6.07, 6.45) is 4.55. The molecule has 3 aliphatic carbocycles. The summed E-state index contributed by atoms with van der Waals surface area (Å²) >= 11 is 0. The fourth-order valence-electron chi connectivity index (χ4n) is 3.37. The quantitative estimate of drug-likeness (QED) is 0.729. The maximum absolute atomic E-state index is 11.1. The molecule has 0 amide bonds. The van der Waals surface area contributed by atoms with E-state index in [9.17, 15) is 9.59 Å². The average molecular weight is 212 g/mol. The van der Waals surface area contributed by atoms with Crippen LogP contribution in [0.1, 0.15) is 32.1 Å². The molecule has 3 saturated carbocycles. The normalized spacial score (nSPS) is 39.7. The van der Waals surface area contributed by atoms with E-state index in [1.165, 1.54) is 0 Å². The number of fused-ring (bicyclic) bond motifs is 4. The van der Waals surface area contributed by atoms with E-state index in [4.69, 9.17) is 10.2 Å². The lowest BCUT2D eigenvalue weighted by Gasteiger charge is -2.35. The fraction of sp³-hybridized carbons (Fsp3) is 0.818. The third-order valence-corrected chi connectivity index (χ3v) is 4.03. The molecule has 0 aliphatic heterocycles. The number of carbonyl (C=O) groups is 2. The molecule has 3 aliphatic rings. The highest BCUT2D eigenvalue weighted by atomic mass is 16.4. The van der Waals surface area contributed by atoms with Gasteiger partial charge in [-0.2, -0.15) is 0 Å². The van der Waals surface area contributed by atoms with E-state index < -0.39 is 23.8 Å². The molecule has 0 spiro atoms. The maximum atomic E-state index is 11.1. The first-order valence-electron chi connectivity index (χ1n) is 5.57. The second-order valence-electron chi connectivity index (χ2n) is 4.76. The summed E-state index contributed by atoms with van der Waals surface area (Å²) < 4.78 is 0. The molecule has 0 saturated heterocycles. The zero-order chi connectivity index (χ0) is 11.0. The molecule has 2 N–H and O–H groups in total. The van der Waals surface area contributed by atoms with Crippen molar-refractivity contribution in [3.63, 3.8) is 0 Å². The minimum Gasteiger partial charge on any atom is -0.481 e. The predicted octanol–water partition coefficient (Wildman–Crippen LogP) is 1.60. The Labute approximate surface area is 88.3 Å². The molecule has 0 aromatic rings. The number of aliphatic carboxylic acids is 2. The molecule has 0 aromatic heterocycles. The predicted molar refractivity (Wildman–Crippen MR) is 52.3 cm³/mol. The lowest BCUT2D eigenvalue weighted by Crippen LogP contribution is -2.41. The van der Waals surface area contributed by atoms with Gasteiger partial charge in [0.2, 0.25) is 0 Å². The average Bonchev–Trinajstić information content (AvgIpc) is 2.48. The van der Waals surface area contributed by atoms with Crippen molar-refractivity contribution in [2.24, 2.45) is 23.7 Å². The van der Waals surface area contributed by atoms with Gasteiger partial charge >= 0.3 is 11.9 Å². The Hall–Kier alpha value is -1.06. The molecule has 3 rings (SSSR count). The van der Waals surface area contributed by atoms with Gasteiger partial charge < -0.3 is 10.2 Å². The van der Waals surface area contributed by atoms with Crippen LogP contribution in [0.2, 0.25) is 0 Å². The van der Waals surface area contributed by atoms with Crippen LogP contribution in [-0.4, -0.2) is 22.2 Å². The van der Waals surface area contributed by atoms with Crippen LogP contribution < -0.4 is 0 Å². The SMILES string of the molecule is O=C(O)[C@@H]1[C@@H]2CCC[C@H](CC2)[C@@H]1C(=O)O. The van der Waals surface area contributed by atoms with Crippen molar-refractivity contribution < 1.29 is 19.8 Å². The third-order valence-electron chi connectivity index (χ3n) is 4.03. The number of carboxylic acids is 2. The van der Waals surface area contributed by atoms with Crippen LogP contribution in [0.4, 0.5) is 0 Å². The summed E-state index contributed by atoms with van der Waals surface area (Å²) in [7, 11) is 0. The van der Waals surface area contributed by atoms with Crippen LogP contribution in [-0.2, 0) is 9.59 Å². The van der Waals surface area contributed by atoms with Crippen molar-refractivity contribution in [2.75, 3.05) is 0 Å². The van der Waals surface area contributed by atoms with Gasteiger partial charge in [-0.25, -0.2) is 0 Å². The second-order valence-corrected chi connectivity index (χ2v) is 4.76. The van der Waals surface area contributed by atoms with E-state index in [1.807, 2.05) is 0 Å². The summed E-state index contributed by atoms with van der Waals surface area (Å²) in [5.41, 5.74) is 0. The molecule has 0 heterocycles. The molecular weight excluding hydrogens is 196 g/mol. The van der Waals surface area contributed by atoms with Crippen LogP contribution in [0.5, 0.6) is 0 Å². The Morgan fingerprint density at radius 3 is 1.53 bits per heavy atom. The molecule has 0 unspecified atom stereocenters. The molecule has 4 atom stereocenters. The Morgan fingerprint density at radius 1 is 0.800 bits per heavy atom. The number of hydrogen-bond acceptors (Lipinski definition) is 2. The second kappa shape index (κ2) is 3.83. The zero-order valence-electron chi connectivity index (χ0n) is 8.56. The van der Waals surface area contributed by atoms with Crippen LogP contribution in [0.3, 0.4) is 0 Å². The molecule has 3 fully saturated rings. The van der Waals surface area contributed by atoms with Crippen LogP contribution >= 0.6 is 0 Å². The maximum Gasteiger partial charge on any atom is 0.307 e. The largest absolute Gasteiger partial charge is 0.481 e. The van der Waals surface area contributed by atoms with Gasteiger partial charge in [0.1, 0.15) is 0 Å². The number of hydrogen-bond donors (Lipinski definition) is 2. The summed E-state index contributed by atoms with van der Waals surface area (Å²) in [4.78, 5) is 22.3. The van der Waals surface area contributed by atoms with Crippen molar-refractivity contribution in [1.82, 2.24) is 0 Å². The van der Waals surface area contributed by atoms with Crippen molar-refractivity contribution in [1.29, 1.82) is 0 Å². The first kappa shape index (κ1) is 10.5. The summed E-state index contributed by atoms with van der Waals surface area (Å²) in [5.74, 6) is -2.96. The summed E-state index contributed by atoms with van der Waals surface area (Å²) in [6.45, 7) is 0. The molecule has 4 heteroatoms. The molecular formula is C11H16O4. The number of rotatable bonds is 2. The van der Waals surface area contributed by atoms with Gasteiger partial charge in [-0.3, -0.25) is 9.59 Å². The van der Waals surface area contributed by atoms with E-state index in [2.05, 4.69) is 0 Å². The Bertz CT molecular complexity index is 254.